The quantitative estimate of drug-likeness (QED) is 0.787. The van der Waals surface area contributed by atoms with Crippen LogP contribution in [0.25, 0.3) is 10.6 Å². The molecule has 0 saturated heterocycles. The molecule has 1 unspecified atom stereocenters. The molecule has 0 aliphatic rings. The third-order valence-corrected chi connectivity index (χ3v) is 6.35. The van der Waals surface area contributed by atoms with Crippen LogP contribution >= 0.6 is 11.3 Å². The first kappa shape index (κ1) is 19.1. The van der Waals surface area contributed by atoms with Crippen molar-refractivity contribution in [3.63, 3.8) is 0 Å². The lowest BCUT2D eigenvalue weighted by Gasteiger charge is -2.30. The second-order valence-corrected chi connectivity index (χ2v) is 9.33. The summed E-state index contributed by atoms with van der Waals surface area (Å²) < 4.78 is 28.4. The Bertz CT molecular complexity index is 800. The number of aryl methyl sites for hydroxylation is 1. The highest BCUT2D eigenvalue weighted by Gasteiger charge is 2.30. The highest BCUT2D eigenvalue weighted by Crippen LogP contribution is 2.26. The van der Waals surface area contributed by atoms with E-state index in [1.165, 1.54) is 11.3 Å². The highest BCUT2D eigenvalue weighted by atomic mass is 32.2. The minimum atomic E-state index is -3.65. The molecule has 0 radical (unpaired) electrons. The molecule has 0 spiro atoms. The van der Waals surface area contributed by atoms with Crippen LogP contribution in [0.5, 0.6) is 0 Å². The van der Waals surface area contributed by atoms with Crippen molar-refractivity contribution in [3.05, 3.63) is 35.3 Å². The van der Waals surface area contributed by atoms with Crippen molar-refractivity contribution in [2.75, 3.05) is 6.54 Å². The summed E-state index contributed by atoms with van der Waals surface area (Å²) in [6.07, 6.45) is 0.675. The number of sulfonamides is 1. The molecule has 3 N–H and O–H groups in total. The molecule has 0 aliphatic heterocycles. The largest absolute Gasteiger partial charge is 0.329 e. The zero-order valence-electron chi connectivity index (χ0n) is 14.5. The standard InChI is InChI=1S/C17H25N3O2S2/c1-12(2)9-17(4,11-18)20-24(21,22)15-7-5-6-14(8-15)16-19-13(3)10-23-16/h5-8,10,12,20H,9,11,18H2,1-4H3. The van der Waals surface area contributed by atoms with Crippen molar-refractivity contribution in [3.8, 4) is 10.6 Å². The molecular formula is C17H25N3O2S2. The van der Waals surface area contributed by atoms with Gasteiger partial charge in [0.15, 0.2) is 0 Å². The minimum Gasteiger partial charge on any atom is -0.329 e. The molecule has 1 aromatic heterocycles. The van der Waals surface area contributed by atoms with Crippen LogP contribution < -0.4 is 10.5 Å². The Labute approximate surface area is 148 Å². The molecule has 1 heterocycles. The van der Waals surface area contributed by atoms with E-state index < -0.39 is 15.6 Å². The number of hydrogen-bond acceptors (Lipinski definition) is 5. The van der Waals surface area contributed by atoms with E-state index in [1.807, 2.05) is 39.1 Å². The number of nitrogens with one attached hydrogen (secondary N) is 1. The molecule has 5 nitrogen and oxygen atoms in total. The van der Waals surface area contributed by atoms with Gasteiger partial charge in [-0.25, -0.2) is 18.1 Å². The van der Waals surface area contributed by atoms with Gasteiger partial charge in [-0.15, -0.1) is 11.3 Å². The molecule has 24 heavy (non-hydrogen) atoms. The van der Waals surface area contributed by atoms with Crippen LogP contribution in [0.15, 0.2) is 34.5 Å². The van der Waals surface area contributed by atoms with E-state index in [4.69, 9.17) is 5.73 Å². The summed E-state index contributed by atoms with van der Waals surface area (Å²) in [5, 5.41) is 2.76. The average molecular weight is 368 g/mol. The lowest BCUT2D eigenvalue weighted by molar-refractivity contribution is 0.344. The molecule has 2 aromatic rings. The monoisotopic (exact) mass is 367 g/mol. The Morgan fingerprint density at radius 1 is 1.38 bits per heavy atom. The summed E-state index contributed by atoms with van der Waals surface area (Å²) in [5.74, 6) is 0.339. The fourth-order valence-corrected chi connectivity index (χ4v) is 5.00. The van der Waals surface area contributed by atoms with Gasteiger partial charge >= 0.3 is 0 Å². The summed E-state index contributed by atoms with van der Waals surface area (Å²) in [7, 11) is -3.65. The Kier molecular flexibility index (Phi) is 5.80. The molecule has 0 fully saturated rings. The summed E-state index contributed by atoms with van der Waals surface area (Å²) in [6.45, 7) is 8.11. The molecule has 0 bridgehead atoms. The van der Waals surface area contributed by atoms with Crippen molar-refractivity contribution in [1.82, 2.24) is 9.71 Å². The lowest BCUT2D eigenvalue weighted by Crippen LogP contribution is -2.51. The minimum absolute atomic E-state index is 0.233. The van der Waals surface area contributed by atoms with Crippen LogP contribution in [0.2, 0.25) is 0 Å². The van der Waals surface area contributed by atoms with Crippen LogP contribution in [0.3, 0.4) is 0 Å². The molecule has 7 heteroatoms. The maximum absolute atomic E-state index is 12.8. The van der Waals surface area contributed by atoms with Crippen molar-refractivity contribution in [2.45, 2.75) is 44.6 Å². The van der Waals surface area contributed by atoms with Gasteiger partial charge in [-0.1, -0.05) is 26.0 Å². The van der Waals surface area contributed by atoms with Gasteiger partial charge in [0.25, 0.3) is 0 Å². The van der Waals surface area contributed by atoms with Crippen molar-refractivity contribution >= 4 is 21.4 Å². The normalized spacial score (nSPS) is 14.8. The first-order valence-corrected chi connectivity index (χ1v) is 10.3. The number of thiazole rings is 1. The molecule has 1 aromatic carbocycles. The molecule has 1 atom stereocenters. The van der Waals surface area contributed by atoms with E-state index in [0.717, 1.165) is 16.3 Å². The van der Waals surface area contributed by atoms with Gasteiger partial charge < -0.3 is 5.73 Å². The van der Waals surface area contributed by atoms with E-state index in [0.29, 0.717) is 12.3 Å². The summed E-state index contributed by atoms with van der Waals surface area (Å²) >= 11 is 1.50. The molecule has 0 aliphatic carbocycles. The Balaban J connectivity index is 2.32. The number of rotatable bonds is 7. The molecule has 132 valence electrons. The van der Waals surface area contributed by atoms with E-state index in [1.54, 1.807) is 18.2 Å². The summed E-state index contributed by atoms with van der Waals surface area (Å²) in [6, 6.07) is 6.86. The third kappa shape index (κ3) is 4.63. The zero-order valence-corrected chi connectivity index (χ0v) is 16.2. The Morgan fingerprint density at radius 3 is 2.62 bits per heavy atom. The van der Waals surface area contributed by atoms with Gasteiger partial charge in [-0.05, 0) is 38.3 Å². The second-order valence-electron chi connectivity index (χ2n) is 6.79. The first-order chi connectivity index (χ1) is 11.1. The van der Waals surface area contributed by atoms with E-state index in [2.05, 4.69) is 9.71 Å². The SMILES string of the molecule is Cc1csc(-c2cccc(S(=O)(=O)NC(C)(CN)CC(C)C)c2)n1. The fourth-order valence-electron chi connectivity index (χ4n) is 2.73. The number of nitrogens with two attached hydrogens (primary N) is 1. The van der Waals surface area contributed by atoms with Crippen LogP contribution in [-0.2, 0) is 10.0 Å². The maximum atomic E-state index is 12.8. The number of benzene rings is 1. The van der Waals surface area contributed by atoms with Gasteiger partial charge in [-0.3, -0.25) is 0 Å². The average Bonchev–Trinajstić information content (AvgIpc) is 2.92. The van der Waals surface area contributed by atoms with Gasteiger partial charge in [0.2, 0.25) is 10.0 Å². The summed E-state index contributed by atoms with van der Waals surface area (Å²) in [4.78, 5) is 4.65. The van der Waals surface area contributed by atoms with Crippen molar-refractivity contribution in [2.24, 2.45) is 11.7 Å². The number of hydrogen-bond donors (Lipinski definition) is 2. The predicted octanol–water partition coefficient (Wildman–Crippen LogP) is 3.16. The van der Waals surface area contributed by atoms with E-state index >= 15 is 0 Å². The van der Waals surface area contributed by atoms with Crippen molar-refractivity contribution < 1.29 is 8.42 Å². The van der Waals surface area contributed by atoms with Crippen molar-refractivity contribution in [1.29, 1.82) is 0 Å². The van der Waals surface area contributed by atoms with E-state index in [9.17, 15) is 8.42 Å². The lowest BCUT2D eigenvalue weighted by atomic mass is 9.92. The van der Waals surface area contributed by atoms with Crippen LogP contribution in [-0.4, -0.2) is 25.5 Å². The topological polar surface area (TPSA) is 85.1 Å². The second kappa shape index (κ2) is 7.31. The van der Waals surface area contributed by atoms with Gasteiger partial charge in [0.05, 0.1) is 4.90 Å². The van der Waals surface area contributed by atoms with Gasteiger partial charge in [-0.2, -0.15) is 0 Å². The van der Waals surface area contributed by atoms with Crippen LogP contribution in [0.4, 0.5) is 0 Å². The number of aromatic nitrogens is 1. The number of nitrogens with zero attached hydrogens (tertiary/aromatic N) is 1. The van der Waals surface area contributed by atoms with Crippen LogP contribution in [0, 0.1) is 12.8 Å². The smallest absolute Gasteiger partial charge is 0.241 e. The first-order valence-electron chi connectivity index (χ1n) is 7.92. The Hall–Kier alpha value is -1.28. The van der Waals surface area contributed by atoms with Crippen LogP contribution in [0.1, 0.15) is 32.9 Å². The molecule has 0 saturated carbocycles. The molecule has 0 amide bonds. The highest BCUT2D eigenvalue weighted by molar-refractivity contribution is 7.89. The fraction of sp³-hybridized carbons (Fsp3) is 0.471. The molecule has 2 rings (SSSR count). The third-order valence-electron chi connectivity index (χ3n) is 3.70. The zero-order chi connectivity index (χ0) is 18.0. The summed E-state index contributed by atoms with van der Waals surface area (Å²) in [5.41, 5.74) is 6.89. The van der Waals surface area contributed by atoms with E-state index in [-0.39, 0.29) is 11.4 Å². The van der Waals surface area contributed by atoms with Gasteiger partial charge in [0.1, 0.15) is 5.01 Å². The van der Waals surface area contributed by atoms with Gasteiger partial charge in [0, 0.05) is 28.7 Å². The molecular weight excluding hydrogens is 342 g/mol. The maximum Gasteiger partial charge on any atom is 0.241 e. The predicted molar refractivity (Wildman–Crippen MR) is 99.5 cm³/mol. The Morgan fingerprint density at radius 2 is 2.08 bits per heavy atom.